The third-order valence-corrected chi connectivity index (χ3v) is 4.77. The van der Waals surface area contributed by atoms with Crippen LogP contribution in [0, 0.1) is 11.3 Å². The van der Waals surface area contributed by atoms with Crippen LogP contribution in [0.4, 0.5) is 0 Å². The molecule has 1 heterocycles. The smallest absolute Gasteiger partial charge is 0.155 e. The zero-order valence-corrected chi connectivity index (χ0v) is 15.8. The van der Waals surface area contributed by atoms with Crippen LogP contribution in [-0.4, -0.2) is 21.3 Å². The lowest BCUT2D eigenvalue weighted by atomic mass is 10.2. The second-order valence-corrected chi connectivity index (χ2v) is 6.62. The van der Waals surface area contributed by atoms with Crippen LogP contribution in [0.3, 0.4) is 0 Å². The van der Waals surface area contributed by atoms with Gasteiger partial charge in [-0.1, -0.05) is 46.9 Å². The molecule has 132 valence electrons. The third kappa shape index (κ3) is 3.45. The van der Waals surface area contributed by atoms with E-state index in [0.717, 1.165) is 11.0 Å². The predicted octanol–water partition coefficient (Wildman–Crippen LogP) is 5.41. The van der Waals surface area contributed by atoms with Crippen molar-refractivity contribution in [3.63, 3.8) is 0 Å². The summed E-state index contributed by atoms with van der Waals surface area (Å²) >= 11 is 17.9. The number of fused-ring (bicyclic) bond motifs is 1. The van der Waals surface area contributed by atoms with E-state index in [-0.39, 0.29) is 33.7 Å². The Labute approximate surface area is 164 Å². The molecule has 0 radical (unpaired) electrons. The van der Waals surface area contributed by atoms with Crippen LogP contribution in [0.5, 0.6) is 5.75 Å². The lowest BCUT2D eigenvalue weighted by Gasteiger charge is -2.10. The van der Waals surface area contributed by atoms with Gasteiger partial charge in [-0.2, -0.15) is 5.26 Å². The summed E-state index contributed by atoms with van der Waals surface area (Å²) < 4.78 is 7.21. The number of rotatable bonds is 4. The van der Waals surface area contributed by atoms with Gasteiger partial charge in [0.05, 0.1) is 26.1 Å². The summed E-state index contributed by atoms with van der Waals surface area (Å²) in [6, 6.07) is 12.3. The minimum absolute atomic E-state index is 0.0138. The van der Waals surface area contributed by atoms with Crippen LogP contribution >= 0.6 is 34.8 Å². The monoisotopic (exact) mass is 407 g/mol. The lowest BCUT2D eigenvalue weighted by Crippen LogP contribution is -2.06. The molecule has 5 nitrogen and oxygen atoms in total. The molecular formula is C18H12Cl3N3O2. The van der Waals surface area contributed by atoms with Gasteiger partial charge in [0.1, 0.15) is 24.0 Å². The SMILES string of the molecule is Cn1c(C(C#N)=C(O)COc2cc(Cl)c(Cl)cc2Cl)nc2ccccc21. The second-order valence-electron chi connectivity index (χ2n) is 5.40. The first-order valence-corrected chi connectivity index (χ1v) is 8.57. The molecule has 3 rings (SSSR count). The Balaban J connectivity index is 1.93. The maximum atomic E-state index is 10.4. The van der Waals surface area contributed by atoms with E-state index in [1.165, 1.54) is 12.1 Å². The molecule has 2 aromatic carbocycles. The van der Waals surface area contributed by atoms with E-state index in [2.05, 4.69) is 4.98 Å². The number of benzene rings is 2. The average Bonchev–Trinajstić information content (AvgIpc) is 2.95. The van der Waals surface area contributed by atoms with Crippen molar-refractivity contribution in [3.05, 3.63) is 63.0 Å². The van der Waals surface area contributed by atoms with Gasteiger partial charge in [-0.25, -0.2) is 4.98 Å². The number of allylic oxidation sites excluding steroid dienone is 1. The van der Waals surface area contributed by atoms with E-state index in [0.29, 0.717) is 10.8 Å². The molecule has 1 aromatic heterocycles. The van der Waals surface area contributed by atoms with Crippen molar-refractivity contribution in [1.29, 1.82) is 5.26 Å². The summed E-state index contributed by atoms with van der Waals surface area (Å²) in [4.78, 5) is 4.41. The molecule has 3 aromatic rings. The maximum absolute atomic E-state index is 10.4. The number of aliphatic hydroxyl groups excluding tert-OH is 1. The van der Waals surface area contributed by atoms with Crippen molar-refractivity contribution in [2.75, 3.05) is 6.61 Å². The van der Waals surface area contributed by atoms with E-state index in [9.17, 15) is 10.4 Å². The molecule has 0 saturated carbocycles. The Hall–Kier alpha value is -2.39. The number of halogens is 3. The molecule has 0 spiro atoms. The molecule has 8 heteroatoms. The van der Waals surface area contributed by atoms with Crippen molar-refractivity contribution in [1.82, 2.24) is 9.55 Å². The van der Waals surface area contributed by atoms with E-state index in [1.807, 2.05) is 30.3 Å². The molecule has 0 bridgehead atoms. The van der Waals surface area contributed by atoms with Gasteiger partial charge in [-0.15, -0.1) is 0 Å². The number of aromatic nitrogens is 2. The van der Waals surface area contributed by atoms with Crippen LogP contribution < -0.4 is 4.74 Å². The highest BCUT2D eigenvalue weighted by molar-refractivity contribution is 6.43. The Morgan fingerprint density at radius 2 is 1.88 bits per heavy atom. The molecular weight excluding hydrogens is 397 g/mol. The second kappa shape index (κ2) is 7.46. The fourth-order valence-electron chi connectivity index (χ4n) is 2.45. The topological polar surface area (TPSA) is 71.1 Å². The normalized spacial score (nSPS) is 12.0. The number of para-hydroxylation sites is 2. The molecule has 0 fully saturated rings. The molecule has 0 aliphatic heterocycles. The molecule has 0 aliphatic carbocycles. The molecule has 1 N–H and O–H groups in total. The standard InChI is InChI=1S/C18H12Cl3N3O2/c1-24-15-5-3-2-4-14(15)23-18(24)10(8-22)16(25)9-26-17-7-12(20)11(19)6-13(17)21/h2-7,25H,9H2,1H3. The Morgan fingerprint density at radius 3 is 2.58 bits per heavy atom. The summed E-state index contributed by atoms with van der Waals surface area (Å²) in [6.45, 7) is -0.274. The van der Waals surface area contributed by atoms with Gasteiger partial charge in [0.25, 0.3) is 0 Å². The van der Waals surface area contributed by atoms with E-state index in [1.54, 1.807) is 11.6 Å². The summed E-state index contributed by atoms with van der Waals surface area (Å²) in [5, 5.41) is 20.7. The minimum Gasteiger partial charge on any atom is -0.507 e. The van der Waals surface area contributed by atoms with E-state index < -0.39 is 0 Å². The highest BCUT2D eigenvalue weighted by Crippen LogP contribution is 2.34. The number of aryl methyl sites for hydroxylation is 1. The van der Waals surface area contributed by atoms with Gasteiger partial charge in [0, 0.05) is 13.1 Å². The summed E-state index contributed by atoms with van der Waals surface area (Å²) in [5.74, 6) is 0.318. The first-order chi connectivity index (χ1) is 12.4. The lowest BCUT2D eigenvalue weighted by molar-refractivity contribution is 0.272. The summed E-state index contributed by atoms with van der Waals surface area (Å²) in [6.07, 6.45) is 0. The van der Waals surface area contributed by atoms with Crippen LogP contribution in [0.15, 0.2) is 42.2 Å². The van der Waals surface area contributed by atoms with Gasteiger partial charge in [0.2, 0.25) is 0 Å². The molecule has 0 aliphatic rings. The predicted molar refractivity (Wildman–Crippen MR) is 103 cm³/mol. The van der Waals surface area contributed by atoms with Crippen molar-refractivity contribution in [2.24, 2.45) is 7.05 Å². The van der Waals surface area contributed by atoms with Gasteiger partial charge in [0.15, 0.2) is 11.6 Å². The van der Waals surface area contributed by atoms with Crippen LogP contribution in [0.1, 0.15) is 5.82 Å². The average molecular weight is 409 g/mol. The number of ether oxygens (including phenoxy) is 1. The highest BCUT2D eigenvalue weighted by atomic mass is 35.5. The van der Waals surface area contributed by atoms with Gasteiger partial charge in [-0.3, -0.25) is 0 Å². The number of imidazole rings is 1. The number of hydrogen-bond acceptors (Lipinski definition) is 4. The summed E-state index contributed by atoms with van der Waals surface area (Å²) in [7, 11) is 1.77. The fourth-order valence-corrected chi connectivity index (χ4v) is 3.04. The third-order valence-electron chi connectivity index (χ3n) is 3.75. The molecule has 0 saturated heterocycles. The largest absolute Gasteiger partial charge is 0.507 e. The van der Waals surface area contributed by atoms with Gasteiger partial charge in [-0.05, 0) is 18.2 Å². The van der Waals surface area contributed by atoms with Crippen molar-refractivity contribution in [2.45, 2.75) is 0 Å². The molecule has 26 heavy (non-hydrogen) atoms. The van der Waals surface area contributed by atoms with E-state index >= 15 is 0 Å². The fraction of sp³-hybridized carbons (Fsp3) is 0.111. The molecule has 0 amide bonds. The molecule has 0 atom stereocenters. The van der Waals surface area contributed by atoms with Gasteiger partial charge >= 0.3 is 0 Å². The summed E-state index contributed by atoms with van der Waals surface area (Å²) in [5.41, 5.74) is 1.58. The van der Waals surface area contributed by atoms with Crippen molar-refractivity contribution < 1.29 is 9.84 Å². The number of nitrogens with zero attached hydrogens (tertiary/aromatic N) is 3. The molecule has 0 unspecified atom stereocenters. The quantitative estimate of drug-likeness (QED) is 0.356. The van der Waals surface area contributed by atoms with Crippen LogP contribution in [0.25, 0.3) is 16.6 Å². The first-order valence-electron chi connectivity index (χ1n) is 7.43. The Kier molecular flexibility index (Phi) is 5.28. The zero-order chi connectivity index (χ0) is 18.8. The van der Waals surface area contributed by atoms with Crippen molar-refractivity contribution >= 4 is 51.4 Å². The maximum Gasteiger partial charge on any atom is 0.155 e. The van der Waals surface area contributed by atoms with Crippen molar-refractivity contribution in [3.8, 4) is 11.8 Å². The van der Waals surface area contributed by atoms with E-state index in [4.69, 9.17) is 39.5 Å². The van der Waals surface area contributed by atoms with Gasteiger partial charge < -0.3 is 14.4 Å². The highest BCUT2D eigenvalue weighted by Gasteiger charge is 2.17. The van der Waals surface area contributed by atoms with Crippen LogP contribution in [-0.2, 0) is 7.05 Å². The Bertz CT molecular complexity index is 1070. The Morgan fingerprint density at radius 1 is 1.19 bits per heavy atom. The minimum atomic E-state index is -0.274. The number of nitriles is 1. The van der Waals surface area contributed by atoms with Crippen LogP contribution in [0.2, 0.25) is 15.1 Å². The zero-order valence-electron chi connectivity index (χ0n) is 13.5. The first kappa shape index (κ1) is 18.4. The number of aliphatic hydroxyl groups is 1. The number of hydrogen-bond donors (Lipinski definition) is 1.